The second kappa shape index (κ2) is 5.33. The molecule has 0 aliphatic heterocycles. The van der Waals surface area contributed by atoms with Crippen molar-refractivity contribution in [1.29, 1.82) is 0 Å². The minimum atomic E-state index is -0.482. The van der Waals surface area contributed by atoms with Crippen LogP contribution in [0.15, 0.2) is 0 Å². The Morgan fingerprint density at radius 1 is 1.33 bits per heavy atom. The van der Waals surface area contributed by atoms with Gasteiger partial charge in [-0.2, -0.15) is 0 Å². The molecule has 2 fully saturated rings. The van der Waals surface area contributed by atoms with Crippen molar-refractivity contribution in [2.75, 3.05) is 18.2 Å². The first kappa shape index (κ1) is 14.4. The summed E-state index contributed by atoms with van der Waals surface area (Å²) in [6.45, 7) is 2.09. The van der Waals surface area contributed by atoms with Crippen LogP contribution in [0, 0.1) is 11.8 Å². The fourth-order valence-corrected chi connectivity index (χ4v) is 3.71. The Balaban J connectivity index is 1.93. The van der Waals surface area contributed by atoms with Crippen molar-refractivity contribution in [3.8, 4) is 0 Å². The summed E-state index contributed by atoms with van der Waals surface area (Å²) in [5, 5.41) is 4.02. The van der Waals surface area contributed by atoms with E-state index in [4.69, 9.17) is 10.5 Å². The molecule has 1 aromatic heterocycles. The van der Waals surface area contributed by atoms with Crippen molar-refractivity contribution in [1.82, 2.24) is 0 Å². The van der Waals surface area contributed by atoms with Gasteiger partial charge in [0, 0.05) is 12.0 Å². The first-order valence-corrected chi connectivity index (χ1v) is 8.16. The molecule has 1 aromatic rings. The summed E-state index contributed by atoms with van der Waals surface area (Å²) < 4.78 is 4.82. The van der Waals surface area contributed by atoms with E-state index in [2.05, 4.69) is 12.2 Å². The highest BCUT2D eigenvalue weighted by Crippen LogP contribution is 2.43. The van der Waals surface area contributed by atoms with Gasteiger partial charge in [-0.25, -0.2) is 4.79 Å². The topological polar surface area (TPSA) is 81.4 Å². The fraction of sp³-hybridized carbons (Fsp3) is 0.600. The van der Waals surface area contributed by atoms with E-state index in [0.29, 0.717) is 21.4 Å². The van der Waals surface area contributed by atoms with E-state index in [9.17, 15) is 9.59 Å². The molecular formula is C15H20N2O3S. The van der Waals surface area contributed by atoms with E-state index in [1.54, 1.807) is 0 Å². The molecule has 3 rings (SSSR count). The van der Waals surface area contributed by atoms with Gasteiger partial charge in [0.15, 0.2) is 5.78 Å². The van der Waals surface area contributed by atoms with Crippen LogP contribution in [0.3, 0.4) is 0 Å². The molecule has 114 valence electrons. The summed E-state index contributed by atoms with van der Waals surface area (Å²) >= 11 is 1.29. The number of thiophene rings is 1. The van der Waals surface area contributed by atoms with Gasteiger partial charge in [-0.05, 0) is 38.5 Å². The number of nitrogens with one attached hydrogen (secondary N) is 1. The monoisotopic (exact) mass is 308 g/mol. The number of hydrogen-bond acceptors (Lipinski definition) is 6. The van der Waals surface area contributed by atoms with Crippen LogP contribution in [0.5, 0.6) is 0 Å². The van der Waals surface area contributed by atoms with Crippen LogP contribution in [0.2, 0.25) is 0 Å². The maximum absolute atomic E-state index is 12.3. The summed E-state index contributed by atoms with van der Waals surface area (Å²) in [5.74, 6) is 0.311. The molecule has 2 aliphatic carbocycles. The molecule has 5 nitrogen and oxygen atoms in total. The lowest BCUT2D eigenvalue weighted by molar-refractivity contribution is 0.0603. The Labute approximate surface area is 127 Å². The van der Waals surface area contributed by atoms with Crippen LogP contribution >= 0.6 is 11.3 Å². The van der Waals surface area contributed by atoms with Gasteiger partial charge in [-0.1, -0.05) is 0 Å². The number of hydrogen-bond donors (Lipinski definition) is 2. The number of nitrogen functional groups attached to an aromatic ring is 1. The Morgan fingerprint density at radius 2 is 2.00 bits per heavy atom. The molecule has 2 saturated carbocycles. The van der Waals surface area contributed by atoms with Crippen LogP contribution in [0.1, 0.15) is 52.6 Å². The highest BCUT2D eigenvalue weighted by Gasteiger charge is 2.36. The average Bonchev–Trinajstić information content (AvgIpc) is 3.35. The largest absolute Gasteiger partial charge is 0.465 e. The third-order valence-corrected chi connectivity index (χ3v) is 5.35. The lowest BCUT2D eigenvalue weighted by atomic mass is 10.1. The predicted octanol–water partition coefficient (Wildman–Crippen LogP) is 2.92. The lowest BCUT2D eigenvalue weighted by Gasteiger charge is -2.13. The number of methoxy groups -OCH3 is 1. The minimum Gasteiger partial charge on any atom is -0.465 e. The van der Waals surface area contributed by atoms with Crippen molar-refractivity contribution in [3.63, 3.8) is 0 Å². The smallest absolute Gasteiger partial charge is 0.343 e. The van der Waals surface area contributed by atoms with Gasteiger partial charge in [-0.3, -0.25) is 4.79 Å². The molecule has 0 saturated heterocycles. The Kier molecular flexibility index (Phi) is 3.65. The van der Waals surface area contributed by atoms with Crippen molar-refractivity contribution >= 4 is 33.8 Å². The molecule has 6 heteroatoms. The second-order valence-corrected chi connectivity index (χ2v) is 6.97. The fourth-order valence-electron chi connectivity index (χ4n) is 2.49. The van der Waals surface area contributed by atoms with Crippen molar-refractivity contribution in [3.05, 3.63) is 10.4 Å². The number of carbonyl (C=O) groups is 2. The number of carbonyl (C=O) groups excluding carboxylic acids is 2. The molecule has 0 amide bonds. The van der Waals surface area contributed by atoms with Gasteiger partial charge in [-0.15, -0.1) is 11.3 Å². The van der Waals surface area contributed by atoms with Crippen molar-refractivity contribution in [2.24, 2.45) is 11.8 Å². The molecule has 21 heavy (non-hydrogen) atoms. The molecule has 0 spiro atoms. The SMILES string of the molecule is COC(=O)c1c(NC(C)C2CC2)sc(C(=O)C2CC2)c1N. The maximum atomic E-state index is 12.3. The first-order valence-electron chi connectivity index (χ1n) is 7.34. The third kappa shape index (κ3) is 2.77. The summed E-state index contributed by atoms with van der Waals surface area (Å²) in [6.07, 6.45) is 4.25. The van der Waals surface area contributed by atoms with E-state index >= 15 is 0 Å². The Hall–Kier alpha value is -1.56. The number of ketones is 1. The summed E-state index contributed by atoms with van der Waals surface area (Å²) in [5.41, 5.74) is 6.65. The average molecular weight is 308 g/mol. The number of rotatable bonds is 6. The molecule has 1 heterocycles. The normalized spacial score (nSPS) is 19.1. The lowest BCUT2D eigenvalue weighted by Crippen LogP contribution is -2.18. The highest BCUT2D eigenvalue weighted by atomic mass is 32.1. The van der Waals surface area contributed by atoms with E-state index in [-0.39, 0.29) is 23.4 Å². The van der Waals surface area contributed by atoms with E-state index < -0.39 is 5.97 Å². The summed E-state index contributed by atoms with van der Waals surface area (Å²) in [6, 6.07) is 0.273. The van der Waals surface area contributed by atoms with Gasteiger partial charge in [0.1, 0.15) is 10.6 Å². The van der Waals surface area contributed by atoms with Gasteiger partial charge in [0.2, 0.25) is 0 Å². The van der Waals surface area contributed by atoms with Gasteiger partial charge >= 0.3 is 5.97 Å². The molecule has 0 radical (unpaired) electrons. The van der Waals surface area contributed by atoms with E-state index in [1.165, 1.54) is 31.3 Å². The number of ether oxygens (including phenoxy) is 1. The maximum Gasteiger partial charge on any atom is 0.343 e. The second-order valence-electron chi connectivity index (χ2n) is 5.95. The summed E-state index contributed by atoms with van der Waals surface area (Å²) in [4.78, 5) is 24.8. The zero-order chi connectivity index (χ0) is 15.1. The minimum absolute atomic E-state index is 0.0646. The van der Waals surface area contributed by atoms with Crippen molar-refractivity contribution in [2.45, 2.75) is 38.6 Å². The highest BCUT2D eigenvalue weighted by molar-refractivity contribution is 7.19. The quantitative estimate of drug-likeness (QED) is 0.624. The number of nitrogens with two attached hydrogens (primary N) is 1. The molecule has 0 aromatic carbocycles. The Morgan fingerprint density at radius 3 is 2.52 bits per heavy atom. The van der Waals surface area contributed by atoms with Crippen LogP contribution in [-0.2, 0) is 4.74 Å². The molecule has 1 unspecified atom stereocenters. The van der Waals surface area contributed by atoms with E-state index in [1.807, 2.05) is 0 Å². The number of anilines is 2. The molecule has 3 N–H and O–H groups in total. The first-order chi connectivity index (χ1) is 10.0. The zero-order valence-electron chi connectivity index (χ0n) is 12.3. The molecule has 2 aliphatic rings. The van der Waals surface area contributed by atoms with Crippen LogP contribution < -0.4 is 11.1 Å². The van der Waals surface area contributed by atoms with Gasteiger partial charge < -0.3 is 15.8 Å². The third-order valence-electron chi connectivity index (χ3n) is 4.19. The molecule has 0 bridgehead atoms. The zero-order valence-corrected chi connectivity index (χ0v) is 13.1. The van der Waals surface area contributed by atoms with Crippen LogP contribution in [0.25, 0.3) is 0 Å². The van der Waals surface area contributed by atoms with Crippen LogP contribution in [-0.4, -0.2) is 24.9 Å². The Bertz CT molecular complexity index is 588. The molecular weight excluding hydrogens is 288 g/mol. The summed E-state index contributed by atoms with van der Waals surface area (Å²) in [7, 11) is 1.33. The van der Waals surface area contributed by atoms with Crippen LogP contribution in [0.4, 0.5) is 10.7 Å². The standard InChI is InChI=1S/C15H20N2O3S/c1-7(8-3-4-8)17-14-10(15(19)20-2)11(16)13(21-14)12(18)9-5-6-9/h7-9,17H,3-6,16H2,1-2H3. The molecule has 1 atom stereocenters. The van der Waals surface area contributed by atoms with Crippen molar-refractivity contribution < 1.29 is 14.3 Å². The predicted molar refractivity (Wildman–Crippen MR) is 82.9 cm³/mol. The van der Waals surface area contributed by atoms with Gasteiger partial charge in [0.25, 0.3) is 0 Å². The van der Waals surface area contributed by atoms with E-state index in [0.717, 1.165) is 12.8 Å². The number of Topliss-reactive ketones (excluding diaryl/α,β-unsaturated/α-hetero) is 1. The number of esters is 1. The van der Waals surface area contributed by atoms with Gasteiger partial charge in [0.05, 0.1) is 17.7 Å².